The normalized spacial score (nSPS) is 10.3. The lowest BCUT2D eigenvalue weighted by atomic mass is 10.1. The average molecular weight is 217 g/mol. The van der Waals surface area contributed by atoms with Crippen LogP contribution in [-0.2, 0) is 0 Å². The highest BCUT2D eigenvalue weighted by Crippen LogP contribution is 2.27. The Morgan fingerprint density at radius 2 is 1.87 bits per heavy atom. The summed E-state index contributed by atoms with van der Waals surface area (Å²) in [5.74, 6) is 0. The van der Waals surface area contributed by atoms with Crippen LogP contribution in [0.15, 0.2) is 24.3 Å². The van der Waals surface area contributed by atoms with Crippen molar-refractivity contribution in [3.63, 3.8) is 0 Å². The van der Waals surface area contributed by atoms with Gasteiger partial charge in [0.2, 0.25) is 0 Å². The van der Waals surface area contributed by atoms with E-state index in [1.807, 2.05) is 31.2 Å². The van der Waals surface area contributed by atoms with Crippen LogP contribution in [0, 0.1) is 13.8 Å². The first-order chi connectivity index (χ1) is 7.20. The monoisotopic (exact) mass is 217 g/mol. The molecule has 0 aliphatic rings. The predicted octanol–water partition coefficient (Wildman–Crippen LogP) is 3.24. The van der Waals surface area contributed by atoms with E-state index in [4.69, 9.17) is 0 Å². The van der Waals surface area contributed by atoms with Crippen molar-refractivity contribution in [1.29, 1.82) is 0 Å². The molecular weight excluding hydrogens is 206 g/mol. The Balaban J connectivity index is 2.41. The molecule has 0 saturated carbocycles. The fourth-order valence-electron chi connectivity index (χ4n) is 1.30. The Labute approximate surface area is 92.6 Å². The van der Waals surface area contributed by atoms with Crippen LogP contribution < -0.4 is 0 Å². The van der Waals surface area contributed by atoms with E-state index in [1.165, 1.54) is 4.88 Å². The van der Waals surface area contributed by atoms with Gasteiger partial charge < -0.3 is 0 Å². The number of carbonyl (C=O) groups is 1. The number of benzene rings is 1. The number of aryl methyl sites for hydroxylation is 2. The maximum Gasteiger partial charge on any atom is 0.150 e. The molecule has 15 heavy (non-hydrogen) atoms. The molecule has 0 aliphatic carbocycles. The first-order valence-corrected chi connectivity index (χ1v) is 5.52. The van der Waals surface area contributed by atoms with Crippen LogP contribution in [0.5, 0.6) is 0 Å². The minimum atomic E-state index is 0.698. The fourth-order valence-corrected chi connectivity index (χ4v) is 2.22. The van der Waals surface area contributed by atoms with Crippen molar-refractivity contribution in [3.8, 4) is 10.6 Å². The Kier molecular flexibility index (Phi) is 2.64. The molecule has 2 nitrogen and oxygen atoms in total. The summed E-state index contributed by atoms with van der Waals surface area (Å²) < 4.78 is 0. The highest BCUT2D eigenvalue weighted by Gasteiger charge is 2.05. The second-order valence-electron chi connectivity index (χ2n) is 3.40. The minimum Gasteiger partial charge on any atom is -0.298 e. The molecule has 1 aromatic carbocycles. The van der Waals surface area contributed by atoms with Crippen LogP contribution in [0.2, 0.25) is 0 Å². The molecule has 0 atom stereocenters. The highest BCUT2D eigenvalue weighted by atomic mass is 32.1. The van der Waals surface area contributed by atoms with Crippen LogP contribution in [0.25, 0.3) is 10.6 Å². The lowest BCUT2D eigenvalue weighted by Gasteiger charge is -1.95. The summed E-state index contributed by atoms with van der Waals surface area (Å²) >= 11 is 1.68. The third kappa shape index (κ3) is 1.97. The molecule has 2 rings (SSSR count). The summed E-state index contributed by atoms with van der Waals surface area (Å²) in [4.78, 5) is 16.2. The first kappa shape index (κ1) is 10.1. The van der Waals surface area contributed by atoms with E-state index in [2.05, 4.69) is 11.9 Å². The summed E-state index contributed by atoms with van der Waals surface area (Å²) in [5, 5.41) is 1.02. The topological polar surface area (TPSA) is 30.0 Å². The molecule has 1 aromatic heterocycles. The summed E-state index contributed by atoms with van der Waals surface area (Å²) in [7, 11) is 0. The largest absolute Gasteiger partial charge is 0.298 e. The zero-order valence-corrected chi connectivity index (χ0v) is 9.47. The first-order valence-electron chi connectivity index (χ1n) is 4.70. The van der Waals surface area contributed by atoms with Gasteiger partial charge in [0.25, 0.3) is 0 Å². The van der Waals surface area contributed by atoms with E-state index < -0.39 is 0 Å². The van der Waals surface area contributed by atoms with Crippen LogP contribution in [0.1, 0.15) is 20.9 Å². The SMILES string of the molecule is Cc1nc(-c2ccc(C=O)cc2)sc1C. The van der Waals surface area contributed by atoms with Gasteiger partial charge in [-0.15, -0.1) is 11.3 Å². The van der Waals surface area contributed by atoms with Crippen LogP contribution in [-0.4, -0.2) is 11.3 Å². The van der Waals surface area contributed by atoms with Crippen molar-refractivity contribution in [3.05, 3.63) is 40.4 Å². The van der Waals surface area contributed by atoms with E-state index in [0.29, 0.717) is 5.56 Å². The maximum atomic E-state index is 10.5. The molecule has 3 heteroatoms. The van der Waals surface area contributed by atoms with E-state index in [-0.39, 0.29) is 0 Å². The minimum absolute atomic E-state index is 0.698. The molecule has 0 spiro atoms. The Morgan fingerprint density at radius 1 is 1.20 bits per heavy atom. The van der Waals surface area contributed by atoms with Gasteiger partial charge >= 0.3 is 0 Å². The second-order valence-corrected chi connectivity index (χ2v) is 4.60. The molecular formula is C12H11NOS. The fraction of sp³-hybridized carbons (Fsp3) is 0.167. The van der Waals surface area contributed by atoms with E-state index in [0.717, 1.165) is 22.6 Å². The number of aromatic nitrogens is 1. The molecule has 1 heterocycles. The van der Waals surface area contributed by atoms with Gasteiger partial charge in [-0.3, -0.25) is 4.79 Å². The van der Waals surface area contributed by atoms with Gasteiger partial charge in [-0.05, 0) is 13.8 Å². The Bertz CT molecular complexity index is 465. The molecule has 0 fully saturated rings. The summed E-state index contributed by atoms with van der Waals surface area (Å²) in [6.45, 7) is 4.07. The number of hydrogen-bond acceptors (Lipinski definition) is 3. The zero-order valence-electron chi connectivity index (χ0n) is 8.65. The molecule has 0 aliphatic heterocycles. The molecule has 0 radical (unpaired) electrons. The van der Waals surface area contributed by atoms with Crippen molar-refractivity contribution in [2.24, 2.45) is 0 Å². The number of thiazole rings is 1. The van der Waals surface area contributed by atoms with Crippen molar-refractivity contribution >= 4 is 17.6 Å². The van der Waals surface area contributed by atoms with Gasteiger partial charge in [-0.25, -0.2) is 4.98 Å². The molecule has 0 N–H and O–H groups in total. The molecule has 0 amide bonds. The number of carbonyl (C=O) groups excluding carboxylic acids is 1. The quantitative estimate of drug-likeness (QED) is 0.723. The summed E-state index contributed by atoms with van der Waals surface area (Å²) in [6.07, 6.45) is 0.849. The van der Waals surface area contributed by atoms with E-state index in [1.54, 1.807) is 11.3 Å². The third-order valence-corrected chi connectivity index (χ3v) is 3.44. The number of rotatable bonds is 2. The molecule has 0 saturated heterocycles. The van der Waals surface area contributed by atoms with E-state index >= 15 is 0 Å². The molecule has 0 unspecified atom stereocenters. The van der Waals surface area contributed by atoms with Crippen molar-refractivity contribution in [2.75, 3.05) is 0 Å². The van der Waals surface area contributed by atoms with E-state index in [9.17, 15) is 4.79 Å². The maximum absolute atomic E-state index is 10.5. The second kappa shape index (κ2) is 3.95. The van der Waals surface area contributed by atoms with Gasteiger partial charge in [0.1, 0.15) is 11.3 Å². The Hall–Kier alpha value is -1.48. The lowest BCUT2D eigenvalue weighted by Crippen LogP contribution is -1.80. The number of nitrogens with zero attached hydrogens (tertiary/aromatic N) is 1. The highest BCUT2D eigenvalue weighted by molar-refractivity contribution is 7.15. The Morgan fingerprint density at radius 3 is 2.33 bits per heavy atom. The summed E-state index contributed by atoms with van der Waals surface area (Å²) in [5.41, 5.74) is 2.85. The van der Waals surface area contributed by atoms with Gasteiger partial charge in [-0.2, -0.15) is 0 Å². The molecule has 76 valence electrons. The standard InChI is InChI=1S/C12H11NOS/c1-8-9(2)15-12(13-8)11-5-3-10(7-14)4-6-11/h3-7H,1-2H3. The van der Waals surface area contributed by atoms with Gasteiger partial charge in [-0.1, -0.05) is 24.3 Å². The van der Waals surface area contributed by atoms with Crippen LogP contribution in [0.4, 0.5) is 0 Å². The number of hydrogen-bond donors (Lipinski definition) is 0. The van der Waals surface area contributed by atoms with Crippen molar-refractivity contribution in [1.82, 2.24) is 4.98 Å². The molecule has 0 bridgehead atoms. The van der Waals surface area contributed by atoms with Crippen molar-refractivity contribution in [2.45, 2.75) is 13.8 Å². The zero-order chi connectivity index (χ0) is 10.8. The van der Waals surface area contributed by atoms with Crippen LogP contribution in [0.3, 0.4) is 0 Å². The van der Waals surface area contributed by atoms with Gasteiger partial charge in [0.15, 0.2) is 0 Å². The van der Waals surface area contributed by atoms with Crippen molar-refractivity contribution < 1.29 is 4.79 Å². The predicted molar refractivity (Wildman–Crippen MR) is 62.4 cm³/mol. The van der Waals surface area contributed by atoms with Gasteiger partial charge in [0, 0.05) is 16.0 Å². The third-order valence-electron chi connectivity index (χ3n) is 2.32. The summed E-state index contributed by atoms with van der Waals surface area (Å²) in [6, 6.07) is 7.49. The molecule has 2 aromatic rings. The van der Waals surface area contributed by atoms with Gasteiger partial charge in [0.05, 0.1) is 5.69 Å². The number of aldehydes is 1. The smallest absolute Gasteiger partial charge is 0.150 e. The average Bonchev–Trinajstić information content (AvgIpc) is 2.59. The van der Waals surface area contributed by atoms with Crippen LogP contribution >= 0.6 is 11.3 Å². The lowest BCUT2D eigenvalue weighted by molar-refractivity contribution is 0.112.